The summed E-state index contributed by atoms with van der Waals surface area (Å²) in [6.07, 6.45) is 3.73. The van der Waals surface area contributed by atoms with E-state index < -0.39 is 16.7 Å². The number of methoxy groups -OCH3 is 1. The van der Waals surface area contributed by atoms with Crippen LogP contribution in [0.25, 0.3) is 10.9 Å². The summed E-state index contributed by atoms with van der Waals surface area (Å²) < 4.78 is 45.4. The number of hydrogen-bond donors (Lipinski definition) is 1. The highest BCUT2D eigenvalue weighted by molar-refractivity contribution is 6.31. The van der Waals surface area contributed by atoms with Crippen LogP contribution in [0.15, 0.2) is 30.6 Å². The third kappa shape index (κ3) is 4.84. The number of morpholine rings is 1. The lowest BCUT2D eigenvalue weighted by Gasteiger charge is -2.35. The van der Waals surface area contributed by atoms with E-state index in [1.54, 1.807) is 12.1 Å². The predicted molar refractivity (Wildman–Crippen MR) is 128 cm³/mol. The molecule has 11 heteroatoms. The minimum Gasteiger partial charge on any atom is -0.493 e. The zero-order valence-electron chi connectivity index (χ0n) is 18.4. The summed E-state index contributed by atoms with van der Waals surface area (Å²) in [5.41, 5.74) is 0.566. The van der Waals surface area contributed by atoms with E-state index in [0.717, 1.165) is 25.8 Å². The van der Waals surface area contributed by atoms with Gasteiger partial charge in [0.25, 0.3) is 0 Å². The molecule has 5 rings (SSSR count). The molecule has 2 saturated heterocycles. The van der Waals surface area contributed by atoms with Crippen molar-refractivity contribution >= 4 is 46.4 Å². The smallest absolute Gasteiger partial charge is 0.168 e. The molecule has 0 bridgehead atoms. The Balaban J connectivity index is 0.00000274. The van der Waals surface area contributed by atoms with Crippen LogP contribution < -0.4 is 14.8 Å². The van der Waals surface area contributed by atoms with E-state index in [1.807, 2.05) is 0 Å². The van der Waals surface area contributed by atoms with Crippen molar-refractivity contribution in [2.45, 2.75) is 25.0 Å². The molecule has 0 saturated carbocycles. The van der Waals surface area contributed by atoms with E-state index in [1.165, 1.54) is 32.3 Å². The quantitative estimate of drug-likeness (QED) is 0.467. The summed E-state index contributed by atoms with van der Waals surface area (Å²) in [7, 11) is 1.54. The monoisotopic (exact) mass is 512 g/mol. The molecule has 7 nitrogen and oxygen atoms in total. The number of rotatable bonds is 6. The minimum absolute atomic E-state index is 0. The number of halogens is 4. The molecule has 2 aromatic carbocycles. The van der Waals surface area contributed by atoms with E-state index in [-0.39, 0.29) is 24.2 Å². The maximum atomic E-state index is 14.4. The maximum Gasteiger partial charge on any atom is 0.168 e. The highest BCUT2D eigenvalue weighted by atomic mass is 35.5. The van der Waals surface area contributed by atoms with Crippen LogP contribution in [-0.4, -0.2) is 60.4 Å². The number of nitrogens with one attached hydrogen (secondary N) is 1. The van der Waals surface area contributed by atoms with E-state index in [0.29, 0.717) is 40.9 Å². The van der Waals surface area contributed by atoms with E-state index in [2.05, 4.69) is 20.2 Å². The normalized spacial score (nSPS) is 20.0. The first-order valence-corrected chi connectivity index (χ1v) is 11.1. The van der Waals surface area contributed by atoms with Crippen molar-refractivity contribution in [3.05, 3.63) is 47.2 Å². The summed E-state index contributed by atoms with van der Waals surface area (Å²) in [5.74, 6) is -0.409. The Morgan fingerprint density at radius 2 is 2.09 bits per heavy atom. The van der Waals surface area contributed by atoms with Gasteiger partial charge in [0.2, 0.25) is 0 Å². The van der Waals surface area contributed by atoms with Crippen molar-refractivity contribution in [2.75, 3.05) is 38.7 Å². The average Bonchev–Trinajstić information content (AvgIpc) is 3.30. The lowest BCUT2D eigenvalue weighted by molar-refractivity contribution is -0.0655. The molecule has 0 radical (unpaired) electrons. The Hall–Kier alpha value is -2.46. The molecule has 182 valence electrons. The van der Waals surface area contributed by atoms with Crippen molar-refractivity contribution in [2.24, 2.45) is 0 Å². The molecule has 1 aromatic heterocycles. The van der Waals surface area contributed by atoms with Crippen LogP contribution in [0.5, 0.6) is 11.5 Å². The molecule has 2 unspecified atom stereocenters. The van der Waals surface area contributed by atoms with Gasteiger partial charge in [-0.1, -0.05) is 11.6 Å². The van der Waals surface area contributed by atoms with Crippen molar-refractivity contribution in [3.8, 4) is 11.5 Å². The van der Waals surface area contributed by atoms with Crippen molar-refractivity contribution in [1.29, 1.82) is 0 Å². The second-order valence-corrected chi connectivity index (χ2v) is 8.53. The molecule has 1 N–H and O–H groups in total. The van der Waals surface area contributed by atoms with Gasteiger partial charge >= 0.3 is 0 Å². The fraction of sp³-hybridized carbons (Fsp3) is 0.391. The number of hydrogen-bond acceptors (Lipinski definition) is 7. The van der Waals surface area contributed by atoms with Crippen LogP contribution >= 0.6 is 24.0 Å². The highest BCUT2D eigenvalue weighted by Gasteiger charge is 2.32. The molecule has 2 atom stereocenters. The van der Waals surface area contributed by atoms with E-state index in [4.69, 9.17) is 25.8 Å². The number of benzene rings is 2. The van der Waals surface area contributed by atoms with Gasteiger partial charge in [0.05, 0.1) is 24.9 Å². The fourth-order valence-corrected chi connectivity index (χ4v) is 4.52. The third-order valence-corrected chi connectivity index (χ3v) is 6.44. The summed E-state index contributed by atoms with van der Waals surface area (Å²) in [4.78, 5) is 11.0. The number of nitrogens with zero attached hydrogens (tertiary/aromatic N) is 3. The largest absolute Gasteiger partial charge is 0.493 e. The molecule has 0 spiro atoms. The Kier molecular flexibility index (Phi) is 7.57. The van der Waals surface area contributed by atoms with Gasteiger partial charge in [0, 0.05) is 24.0 Å². The SMILES string of the molecule is COc1cc2c(Nc3ccc(F)c(Cl)c3F)ncnc2cc1OCC1CN2CCCC2CO1.Cl. The fourth-order valence-electron chi connectivity index (χ4n) is 4.36. The van der Waals surface area contributed by atoms with Gasteiger partial charge in [-0.15, -0.1) is 12.4 Å². The molecule has 2 fully saturated rings. The molecular weight excluding hydrogens is 489 g/mol. The van der Waals surface area contributed by atoms with Gasteiger partial charge in [-0.3, -0.25) is 4.90 Å². The maximum absolute atomic E-state index is 14.4. The summed E-state index contributed by atoms with van der Waals surface area (Å²) >= 11 is 5.69. The van der Waals surface area contributed by atoms with Crippen LogP contribution in [0.1, 0.15) is 12.8 Å². The molecule has 0 amide bonds. The minimum atomic E-state index is -0.900. The van der Waals surface area contributed by atoms with Crippen LogP contribution in [0.3, 0.4) is 0 Å². The topological polar surface area (TPSA) is 68.7 Å². The number of aromatic nitrogens is 2. The molecular formula is C23H24Cl2F2N4O3. The van der Waals surface area contributed by atoms with Gasteiger partial charge < -0.3 is 19.5 Å². The van der Waals surface area contributed by atoms with Gasteiger partial charge in [-0.25, -0.2) is 18.7 Å². The molecule has 2 aliphatic heterocycles. The van der Waals surface area contributed by atoms with Crippen molar-refractivity contribution < 1.29 is 23.0 Å². The van der Waals surface area contributed by atoms with E-state index >= 15 is 0 Å². The molecule has 34 heavy (non-hydrogen) atoms. The van der Waals surface area contributed by atoms with Gasteiger partial charge in [-0.05, 0) is 37.6 Å². The second-order valence-electron chi connectivity index (χ2n) is 8.15. The van der Waals surface area contributed by atoms with E-state index in [9.17, 15) is 8.78 Å². The van der Waals surface area contributed by atoms with Crippen LogP contribution in [-0.2, 0) is 4.74 Å². The van der Waals surface area contributed by atoms with Gasteiger partial charge in [-0.2, -0.15) is 0 Å². The average molecular weight is 513 g/mol. The Labute approximate surface area is 206 Å². The lowest BCUT2D eigenvalue weighted by Crippen LogP contribution is -2.48. The Bertz CT molecular complexity index is 1190. The van der Waals surface area contributed by atoms with Crippen LogP contribution in [0.4, 0.5) is 20.3 Å². The van der Waals surface area contributed by atoms with Crippen LogP contribution in [0, 0.1) is 11.6 Å². The molecule has 3 heterocycles. The van der Waals surface area contributed by atoms with Crippen molar-refractivity contribution in [1.82, 2.24) is 14.9 Å². The summed E-state index contributed by atoms with van der Waals surface area (Å²) in [6.45, 7) is 3.08. The van der Waals surface area contributed by atoms with Gasteiger partial charge in [0.1, 0.15) is 35.7 Å². The third-order valence-electron chi connectivity index (χ3n) is 6.10. The number of fused-ring (bicyclic) bond motifs is 2. The molecule has 2 aliphatic rings. The first kappa shape index (κ1) is 24.7. The number of ether oxygens (including phenoxy) is 3. The molecule has 0 aliphatic carbocycles. The zero-order valence-corrected chi connectivity index (χ0v) is 20.0. The van der Waals surface area contributed by atoms with Gasteiger partial charge in [0.15, 0.2) is 17.3 Å². The molecule has 3 aromatic rings. The van der Waals surface area contributed by atoms with Crippen LogP contribution in [0.2, 0.25) is 5.02 Å². The first-order chi connectivity index (χ1) is 16.0. The second kappa shape index (κ2) is 10.4. The first-order valence-electron chi connectivity index (χ1n) is 10.7. The standard InChI is InChI=1S/C23H23ClF2N4O3.ClH/c1-31-19-7-15-18(8-20(19)33-11-14-9-30-6-2-3-13(30)10-32-14)27-12-28-23(15)29-17-5-4-16(25)21(24)22(17)26;/h4-5,7-8,12-14H,2-3,6,9-11H2,1H3,(H,27,28,29);1H. The summed E-state index contributed by atoms with van der Waals surface area (Å²) in [5, 5.41) is 2.85. The Morgan fingerprint density at radius 3 is 2.91 bits per heavy atom. The predicted octanol–water partition coefficient (Wildman–Crippen LogP) is 4.98. The summed E-state index contributed by atoms with van der Waals surface area (Å²) in [6, 6.07) is 6.33. The zero-order chi connectivity index (χ0) is 22.9. The highest BCUT2D eigenvalue weighted by Crippen LogP contribution is 2.36. The Morgan fingerprint density at radius 1 is 1.24 bits per heavy atom. The number of anilines is 2. The lowest BCUT2D eigenvalue weighted by atomic mass is 10.2. The van der Waals surface area contributed by atoms with Crippen molar-refractivity contribution in [3.63, 3.8) is 0 Å².